The maximum absolute atomic E-state index is 12.0. The predicted octanol–water partition coefficient (Wildman–Crippen LogP) is 3.19. The largest absolute Gasteiger partial charge is 0.261 e. The lowest BCUT2D eigenvalue weighted by Gasteiger charge is -2.04. The minimum Gasteiger partial charge on any atom is -0.261 e. The highest BCUT2D eigenvalue weighted by Crippen LogP contribution is 2.34. The molecule has 2 heterocycles. The normalized spacial score (nSPS) is 11.7. The molecule has 0 fully saturated rings. The van der Waals surface area contributed by atoms with Gasteiger partial charge < -0.3 is 0 Å². The molecule has 19 heavy (non-hydrogen) atoms. The smallest absolute Gasteiger partial charge is 0.250 e. The fourth-order valence-corrected chi connectivity index (χ4v) is 5.29. The minimum absolute atomic E-state index is 0.285. The summed E-state index contributed by atoms with van der Waals surface area (Å²) in [5.74, 6) is 0. The predicted molar refractivity (Wildman–Crippen MR) is 82.8 cm³/mol. The monoisotopic (exact) mass is 424 g/mol. The van der Waals surface area contributed by atoms with Gasteiger partial charge in [-0.2, -0.15) is 0 Å². The van der Waals surface area contributed by atoms with Crippen LogP contribution >= 0.6 is 43.2 Å². The highest BCUT2D eigenvalue weighted by atomic mass is 79.9. The first-order valence-electron chi connectivity index (χ1n) is 5.33. The fourth-order valence-electron chi connectivity index (χ4n) is 1.39. The van der Waals surface area contributed by atoms with Gasteiger partial charge in [0.15, 0.2) is 0 Å². The van der Waals surface area contributed by atoms with Crippen molar-refractivity contribution in [1.29, 1.82) is 0 Å². The molecule has 0 aliphatic heterocycles. The molecule has 0 saturated carbocycles. The van der Waals surface area contributed by atoms with Crippen molar-refractivity contribution in [2.24, 2.45) is 0 Å². The van der Waals surface area contributed by atoms with Crippen molar-refractivity contribution in [3.8, 4) is 0 Å². The lowest BCUT2D eigenvalue weighted by molar-refractivity contribution is 0.583. The van der Waals surface area contributed by atoms with Gasteiger partial charge in [-0.05, 0) is 50.1 Å². The second-order valence-electron chi connectivity index (χ2n) is 3.66. The molecular weight excluding hydrogens is 416 g/mol. The second-order valence-corrected chi connectivity index (χ2v) is 8.87. The Bertz CT molecular complexity index is 637. The topological polar surface area (TPSA) is 59.1 Å². The zero-order chi connectivity index (χ0) is 13.9. The second kappa shape index (κ2) is 6.45. The Balaban J connectivity index is 1.99. The van der Waals surface area contributed by atoms with E-state index in [0.717, 1.165) is 14.0 Å². The quantitative estimate of drug-likeness (QED) is 0.800. The van der Waals surface area contributed by atoms with Crippen molar-refractivity contribution in [3.63, 3.8) is 0 Å². The Morgan fingerprint density at radius 3 is 2.68 bits per heavy atom. The van der Waals surface area contributed by atoms with E-state index in [1.807, 2.05) is 18.2 Å². The number of hydrogen-bond donors (Lipinski definition) is 1. The van der Waals surface area contributed by atoms with E-state index in [4.69, 9.17) is 0 Å². The van der Waals surface area contributed by atoms with E-state index in [2.05, 4.69) is 41.6 Å². The Kier molecular flexibility index (Phi) is 5.13. The summed E-state index contributed by atoms with van der Waals surface area (Å²) in [6.45, 7) is 0.326. The number of pyridine rings is 1. The molecule has 0 aromatic carbocycles. The van der Waals surface area contributed by atoms with E-state index >= 15 is 0 Å². The van der Waals surface area contributed by atoms with Crippen LogP contribution in [-0.2, 0) is 16.4 Å². The van der Waals surface area contributed by atoms with Gasteiger partial charge >= 0.3 is 0 Å². The van der Waals surface area contributed by atoms with Crippen molar-refractivity contribution in [3.05, 3.63) is 44.4 Å². The standard InChI is InChI=1S/C11H10Br2N2O2S2/c12-9-7-10(18-11(9)13)19(16,17)15-6-4-8-3-1-2-5-14-8/h1-3,5,7,15H,4,6H2. The van der Waals surface area contributed by atoms with Gasteiger partial charge in [-0.3, -0.25) is 4.98 Å². The number of sulfonamides is 1. The maximum atomic E-state index is 12.0. The molecule has 2 rings (SSSR count). The van der Waals surface area contributed by atoms with Crippen molar-refractivity contribution in [2.45, 2.75) is 10.6 Å². The van der Waals surface area contributed by atoms with Crippen molar-refractivity contribution >= 4 is 53.2 Å². The summed E-state index contributed by atoms with van der Waals surface area (Å²) in [7, 11) is -3.45. The Labute approximate surface area is 132 Å². The van der Waals surface area contributed by atoms with Crippen LogP contribution in [0, 0.1) is 0 Å². The molecule has 0 bridgehead atoms. The first-order chi connectivity index (χ1) is 8.99. The highest BCUT2D eigenvalue weighted by molar-refractivity contribution is 9.13. The Morgan fingerprint density at radius 1 is 1.32 bits per heavy atom. The SMILES string of the molecule is O=S(=O)(NCCc1ccccn1)c1cc(Br)c(Br)s1. The average Bonchev–Trinajstić information content (AvgIpc) is 2.72. The third-order valence-electron chi connectivity index (χ3n) is 2.29. The van der Waals surface area contributed by atoms with Gasteiger partial charge in [-0.25, -0.2) is 13.1 Å². The molecule has 0 atom stereocenters. The maximum Gasteiger partial charge on any atom is 0.250 e. The van der Waals surface area contributed by atoms with Crippen LogP contribution in [0.1, 0.15) is 5.69 Å². The lowest BCUT2D eigenvalue weighted by Crippen LogP contribution is -2.25. The molecule has 0 unspecified atom stereocenters. The molecule has 1 N–H and O–H groups in total. The minimum atomic E-state index is -3.45. The molecule has 0 aliphatic carbocycles. The summed E-state index contributed by atoms with van der Waals surface area (Å²) >= 11 is 7.73. The molecule has 2 aromatic rings. The third kappa shape index (κ3) is 4.09. The zero-order valence-corrected chi connectivity index (χ0v) is 14.4. The van der Waals surface area contributed by atoms with E-state index < -0.39 is 10.0 Å². The Hall–Kier alpha value is -0.280. The van der Waals surface area contributed by atoms with E-state index in [9.17, 15) is 8.42 Å². The van der Waals surface area contributed by atoms with E-state index in [0.29, 0.717) is 13.0 Å². The van der Waals surface area contributed by atoms with Crippen LogP contribution in [0.5, 0.6) is 0 Å². The lowest BCUT2D eigenvalue weighted by atomic mass is 10.3. The molecule has 0 radical (unpaired) electrons. The van der Waals surface area contributed by atoms with E-state index in [1.54, 1.807) is 12.3 Å². The fraction of sp³-hybridized carbons (Fsp3) is 0.182. The van der Waals surface area contributed by atoms with Crippen LogP contribution in [0.15, 0.2) is 42.9 Å². The van der Waals surface area contributed by atoms with E-state index in [-0.39, 0.29) is 4.21 Å². The summed E-state index contributed by atoms with van der Waals surface area (Å²) in [6.07, 6.45) is 2.26. The van der Waals surface area contributed by atoms with Gasteiger partial charge in [0.25, 0.3) is 0 Å². The number of aromatic nitrogens is 1. The van der Waals surface area contributed by atoms with Gasteiger partial charge in [-0.1, -0.05) is 6.07 Å². The number of nitrogens with zero attached hydrogens (tertiary/aromatic N) is 1. The molecular formula is C11H10Br2N2O2S2. The molecule has 8 heteroatoms. The third-order valence-corrected chi connectivity index (χ3v) is 7.48. The van der Waals surface area contributed by atoms with Crippen molar-refractivity contribution in [1.82, 2.24) is 9.71 Å². The van der Waals surface area contributed by atoms with Gasteiger partial charge in [0.1, 0.15) is 4.21 Å². The first kappa shape index (κ1) is 15.1. The van der Waals surface area contributed by atoms with Crippen LogP contribution in [0.25, 0.3) is 0 Å². The number of halogens is 2. The Morgan fingerprint density at radius 2 is 2.11 bits per heavy atom. The zero-order valence-electron chi connectivity index (χ0n) is 9.64. The summed E-state index contributed by atoms with van der Waals surface area (Å²) in [5, 5.41) is 0. The molecule has 0 saturated heterocycles. The molecule has 2 aromatic heterocycles. The number of rotatable bonds is 5. The van der Waals surface area contributed by atoms with Gasteiger partial charge in [0.2, 0.25) is 10.0 Å². The first-order valence-corrected chi connectivity index (χ1v) is 9.22. The molecule has 0 spiro atoms. The van der Waals surface area contributed by atoms with Crippen LogP contribution in [-0.4, -0.2) is 19.9 Å². The molecule has 0 amide bonds. The number of hydrogen-bond acceptors (Lipinski definition) is 4. The van der Waals surface area contributed by atoms with Crippen molar-refractivity contribution < 1.29 is 8.42 Å². The summed E-state index contributed by atoms with van der Waals surface area (Å²) in [5.41, 5.74) is 0.860. The van der Waals surface area contributed by atoms with Gasteiger partial charge in [-0.15, -0.1) is 11.3 Å². The van der Waals surface area contributed by atoms with Crippen LogP contribution in [0.4, 0.5) is 0 Å². The molecule has 0 aliphatic rings. The summed E-state index contributed by atoms with van der Waals surface area (Å²) < 4.78 is 28.4. The van der Waals surface area contributed by atoms with Gasteiger partial charge in [0.05, 0.1) is 3.79 Å². The van der Waals surface area contributed by atoms with Crippen LogP contribution < -0.4 is 4.72 Å². The van der Waals surface area contributed by atoms with E-state index in [1.165, 1.54) is 11.3 Å². The summed E-state index contributed by atoms with van der Waals surface area (Å²) in [4.78, 5) is 4.14. The summed E-state index contributed by atoms with van der Waals surface area (Å²) in [6, 6.07) is 7.16. The van der Waals surface area contributed by atoms with Crippen LogP contribution in [0.2, 0.25) is 0 Å². The number of thiophene rings is 1. The molecule has 4 nitrogen and oxygen atoms in total. The van der Waals surface area contributed by atoms with Gasteiger partial charge in [0, 0.05) is 29.3 Å². The average molecular weight is 426 g/mol. The highest BCUT2D eigenvalue weighted by Gasteiger charge is 2.18. The van der Waals surface area contributed by atoms with Crippen LogP contribution in [0.3, 0.4) is 0 Å². The number of nitrogens with one attached hydrogen (secondary N) is 1. The van der Waals surface area contributed by atoms with Crippen molar-refractivity contribution in [2.75, 3.05) is 6.54 Å². The molecule has 102 valence electrons.